The van der Waals surface area contributed by atoms with Gasteiger partial charge in [-0.1, -0.05) is 18.2 Å². The van der Waals surface area contributed by atoms with Gasteiger partial charge in [-0.15, -0.1) is 0 Å². The first-order valence-electron chi connectivity index (χ1n) is 10.2. The molecule has 0 radical (unpaired) electrons. The molecule has 0 aliphatic carbocycles. The van der Waals surface area contributed by atoms with Crippen molar-refractivity contribution in [3.63, 3.8) is 0 Å². The third-order valence-corrected chi connectivity index (χ3v) is 6.64. The summed E-state index contributed by atoms with van der Waals surface area (Å²) in [4.78, 5) is 17.5. The van der Waals surface area contributed by atoms with Gasteiger partial charge in [-0.2, -0.15) is 0 Å². The Balaban J connectivity index is 1.68. The van der Waals surface area contributed by atoms with Gasteiger partial charge in [-0.25, -0.2) is 13.1 Å². The number of rotatable bonds is 7. The smallest absolute Gasteiger partial charge is 0.255 e. The number of amides is 1. The zero-order chi connectivity index (χ0) is 21.7. The topological polar surface area (TPSA) is 81.7 Å². The van der Waals surface area contributed by atoms with Crippen molar-refractivity contribution in [1.82, 2.24) is 14.5 Å². The van der Waals surface area contributed by atoms with Gasteiger partial charge in [-0.05, 0) is 56.8 Å². The molecule has 2 N–H and O–H groups in total. The predicted molar refractivity (Wildman–Crippen MR) is 119 cm³/mol. The second-order valence-electron chi connectivity index (χ2n) is 8.04. The average molecular weight is 431 g/mol. The van der Waals surface area contributed by atoms with Gasteiger partial charge in [0.25, 0.3) is 5.91 Å². The molecule has 1 aliphatic heterocycles. The molecule has 3 rings (SSSR count). The molecule has 0 bridgehead atoms. The molecule has 1 heterocycles. The lowest BCUT2D eigenvalue weighted by Gasteiger charge is -2.32. The van der Waals surface area contributed by atoms with Crippen molar-refractivity contribution < 1.29 is 13.2 Å². The minimum absolute atomic E-state index is 0.0765. The summed E-state index contributed by atoms with van der Waals surface area (Å²) in [5, 5.41) is 2.88. The summed E-state index contributed by atoms with van der Waals surface area (Å²) in [5.41, 5.74) is 2.13. The highest BCUT2D eigenvalue weighted by atomic mass is 32.2. The summed E-state index contributed by atoms with van der Waals surface area (Å²) in [5.74, 6) is -0.339. The van der Waals surface area contributed by atoms with E-state index >= 15 is 0 Å². The zero-order valence-corrected chi connectivity index (χ0v) is 18.6. The lowest BCUT2D eigenvalue weighted by atomic mass is 10.1. The molecule has 1 aliphatic rings. The molecule has 0 unspecified atom stereocenters. The first-order valence-corrected chi connectivity index (χ1v) is 11.6. The molecular formula is C22H30N4O3S. The Kier molecular flexibility index (Phi) is 7.25. The maximum absolute atomic E-state index is 12.7. The summed E-state index contributed by atoms with van der Waals surface area (Å²) in [6, 6.07) is 13.6. The molecule has 2 aromatic rings. The van der Waals surface area contributed by atoms with Crippen LogP contribution in [-0.2, 0) is 16.6 Å². The molecule has 0 spiro atoms. The number of carbonyl (C=O) groups is 1. The van der Waals surface area contributed by atoms with Crippen LogP contribution >= 0.6 is 0 Å². The van der Waals surface area contributed by atoms with E-state index in [9.17, 15) is 13.2 Å². The number of sulfonamides is 1. The Hall–Kier alpha value is -2.26. The number of nitrogens with one attached hydrogen (secondary N) is 2. The summed E-state index contributed by atoms with van der Waals surface area (Å²) in [7, 11) is -1.52. The highest BCUT2D eigenvalue weighted by Crippen LogP contribution is 2.17. The lowest BCUT2D eigenvalue weighted by Crippen LogP contribution is -2.43. The first kappa shape index (κ1) is 22.4. The van der Waals surface area contributed by atoms with Gasteiger partial charge in [0.15, 0.2) is 0 Å². The maximum atomic E-state index is 12.7. The van der Waals surface area contributed by atoms with Gasteiger partial charge in [0.1, 0.15) is 0 Å². The molecule has 0 atom stereocenters. The number of benzene rings is 2. The van der Waals surface area contributed by atoms with Crippen LogP contribution < -0.4 is 10.0 Å². The summed E-state index contributed by atoms with van der Waals surface area (Å²) < 4.78 is 27.3. The van der Waals surface area contributed by atoms with Crippen LogP contribution in [0.5, 0.6) is 0 Å². The Labute approximate surface area is 179 Å². The van der Waals surface area contributed by atoms with Crippen molar-refractivity contribution in [3.8, 4) is 0 Å². The molecule has 0 aromatic heterocycles. The van der Waals surface area contributed by atoms with Crippen LogP contribution in [0.2, 0.25) is 0 Å². The zero-order valence-electron chi connectivity index (χ0n) is 17.8. The Morgan fingerprint density at radius 2 is 1.73 bits per heavy atom. The molecule has 1 amide bonds. The molecule has 30 heavy (non-hydrogen) atoms. The summed E-state index contributed by atoms with van der Waals surface area (Å²) in [6.45, 7) is 8.51. The molecule has 8 heteroatoms. The van der Waals surface area contributed by atoms with Crippen LogP contribution in [-0.4, -0.2) is 63.4 Å². The fourth-order valence-electron chi connectivity index (χ4n) is 3.40. The number of carbonyl (C=O) groups excluding carboxylic acids is 1. The fraction of sp³-hybridized carbons (Fsp3) is 0.409. The molecule has 1 fully saturated rings. The Morgan fingerprint density at radius 3 is 2.43 bits per heavy atom. The van der Waals surface area contributed by atoms with Gasteiger partial charge in [0.05, 0.1) is 4.90 Å². The van der Waals surface area contributed by atoms with Crippen molar-refractivity contribution in [3.05, 3.63) is 59.7 Å². The number of hydrogen-bond donors (Lipinski definition) is 2. The van der Waals surface area contributed by atoms with E-state index in [2.05, 4.69) is 33.0 Å². The first-order chi connectivity index (χ1) is 14.2. The van der Waals surface area contributed by atoms with E-state index in [-0.39, 0.29) is 16.8 Å². The number of anilines is 1. The van der Waals surface area contributed by atoms with Crippen LogP contribution in [0.1, 0.15) is 29.8 Å². The van der Waals surface area contributed by atoms with Crippen molar-refractivity contribution in [2.45, 2.75) is 31.3 Å². The number of hydrogen-bond acceptors (Lipinski definition) is 5. The second kappa shape index (κ2) is 9.70. The van der Waals surface area contributed by atoms with E-state index in [0.29, 0.717) is 11.3 Å². The SMILES string of the molecule is CC(C)NS(=O)(=O)c1cccc(C(=O)Nc2cccc(CN3CCN(C)CC3)c2)c1. The van der Waals surface area contributed by atoms with E-state index in [4.69, 9.17) is 0 Å². The van der Waals surface area contributed by atoms with E-state index in [1.54, 1.807) is 26.0 Å². The summed E-state index contributed by atoms with van der Waals surface area (Å²) >= 11 is 0. The van der Waals surface area contributed by atoms with Crippen LogP contribution in [0, 0.1) is 0 Å². The highest BCUT2D eigenvalue weighted by molar-refractivity contribution is 7.89. The molecule has 0 saturated carbocycles. The van der Waals surface area contributed by atoms with Gasteiger partial charge >= 0.3 is 0 Å². The van der Waals surface area contributed by atoms with E-state index in [1.807, 2.05) is 18.2 Å². The second-order valence-corrected chi connectivity index (χ2v) is 9.75. The highest BCUT2D eigenvalue weighted by Gasteiger charge is 2.18. The third kappa shape index (κ3) is 6.12. The lowest BCUT2D eigenvalue weighted by molar-refractivity contribution is 0.102. The standard InChI is InChI=1S/C22H30N4O3S/c1-17(2)24-30(28,29)21-9-5-7-19(15-21)22(27)23-20-8-4-6-18(14-20)16-26-12-10-25(3)11-13-26/h4-9,14-15,17,24H,10-13,16H2,1-3H3,(H,23,27). The van der Waals surface area contributed by atoms with Crippen LogP contribution in [0.3, 0.4) is 0 Å². The quantitative estimate of drug-likeness (QED) is 0.705. The van der Waals surface area contributed by atoms with Gasteiger partial charge in [0, 0.05) is 50.0 Å². The minimum atomic E-state index is -3.65. The van der Waals surface area contributed by atoms with Crippen molar-refractivity contribution in [2.75, 3.05) is 38.5 Å². The van der Waals surface area contributed by atoms with Crippen LogP contribution in [0.25, 0.3) is 0 Å². The largest absolute Gasteiger partial charge is 0.322 e. The molecule has 1 saturated heterocycles. The molecular weight excluding hydrogens is 400 g/mol. The van der Waals surface area contributed by atoms with Crippen molar-refractivity contribution >= 4 is 21.6 Å². The van der Waals surface area contributed by atoms with Gasteiger partial charge in [-0.3, -0.25) is 9.69 Å². The average Bonchev–Trinajstić information content (AvgIpc) is 2.69. The third-order valence-electron chi connectivity index (χ3n) is 4.98. The van der Waals surface area contributed by atoms with E-state index < -0.39 is 10.0 Å². The monoisotopic (exact) mass is 430 g/mol. The normalized spacial score (nSPS) is 16.0. The van der Waals surface area contributed by atoms with Crippen LogP contribution in [0.4, 0.5) is 5.69 Å². The Bertz CT molecular complexity index is 983. The fourth-order valence-corrected chi connectivity index (χ4v) is 4.69. The van der Waals surface area contributed by atoms with Crippen molar-refractivity contribution in [1.29, 1.82) is 0 Å². The molecule has 2 aromatic carbocycles. The van der Waals surface area contributed by atoms with Gasteiger partial charge in [0.2, 0.25) is 10.0 Å². The molecule has 7 nitrogen and oxygen atoms in total. The molecule has 162 valence electrons. The minimum Gasteiger partial charge on any atom is -0.322 e. The number of nitrogens with zero attached hydrogens (tertiary/aromatic N) is 2. The predicted octanol–water partition coefficient (Wildman–Crippen LogP) is 2.37. The van der Waals surface area contributed by atoms with Gasteiger partial charge < -0.3 is 10.2 Å². The van der Waals surface area contributed by atoms with Crippen molar-refractivity contribution in [2.24, 2.45) is 0 Å². The van der Waals surface area contributed by atoms with E-state index in [1.165, 1.54) is 12.1 Å². The Morgan fingerprint density at radius 1 is 1.03 bits per heavy atom. The number of likely N-dealkylation sites (N-methyl/N-ethyl adjacent to an activating group) is 1. The van der Waals surface area contributed by atoms with Crippen LogP contribution in [0.15, 0.2) is 53.4 Å². The van der Waals surface area contributed by atoms with E-state index in [0.717, 1.165) is 38.3 Å². The number of piperazine rings is 1. The summed E-state index contributed by atoms with van der Waals surface area (Å²) in [6.07, 6.45) is 0. The maximum Gasteiger partial charge on any atom is 0.255 e.